The van der Waals surface area contributed by atoms with Crippen LogP contribution < -0.4 is 10.2 Å². The Hall–Kier alpha value is -3.27. The van der Waals surface area contributed by atoms with E-state index in [1.165, 1.54) is 0 Å². The number of amides is 1. The van der Waals surface area contributed by atoms with Crippen molar-refractivity contribution in [2.45, 2.75) is 13.2 Å². The second-order valence-corrected chi connectivity index (χ2v) is 8.34. The lowest BCUT2D eigenvalue weighted by molar-refractivity contribution is 0.0830. The van der Waals surface area contributed by atoms with Gasteiger partial charge < -0.3 is 14.0 Å². The van der Waals surface area contributed by atoms with Gasteiger partial charge in [0.1, 0.15) is 23.1 Å². The number of rotatable bonds is 5. The molecule has 162 valence electrons. The molecule has 4 aromatic rings. The second kappa shape index (κ2) is 8.70. The molecular weight excluding hydrogens is 450 g/mol. The molecule has 0 atom stereocenters. The molecule has 2 aromatic carbocycles. The average Bonchev–Trinajstić information content (AvgIpc) is 3.43. The van der Waals surface area contributed by atoms with E-state index in [1.54, 1.807) is 31.5 Å². The lowest BCUT2D eigenvalue weighted by Crippen LogP contribution is -2.16. The quantitative estimate of drug-likeness (QED) is 0.352. The molecule has 0 spiro atoms. The minimum Gasteiger partial charge on any atom is -0.496 e. The van der Waals surface area contributed by atoms with Gasteiger partial charge in [-0.3, -0.25) is 4.79 Å². The first kappa shape index (κ1) is 20.6. The van der Waals surface area contributed by atoms with E-state index in [4.69, 9.17) is 21.1 Å². The summed E-state index contributed by atoms with van der Waals surface area (Å²) in [5.41, 5.74) is 6.73. The third kappa shape index (κ3) is 3.97. The molecule has 1 N–H and O–H groups in total. The third-order valence-electron chi connectivity index (χ3n) is 5.09. The van der Waals surface area contributed by atoms with E-state index in [0.717, 1.165) is 46.1 Å². The van der Waals surface area contributed by atoms with Crippen LogP contribution in [0.3, 0.4) is 0 Å². The fourth-order valence-corrected chi connectivity index (χ4v) is 4.37. The van der Waals surface area contributed by atoms with Crippen molar-refractivity contribution < 1.29 is 14.3 Å². The van der Waals surface area contributed by atoms with Gasteiger partial charge in [0.05, 0.1) is 36.7 Å². The van der Waals surface area contributed by atoms with Crippen LogP contribution in [0.2, 0.25) is 5.02 Å². The number of nitrogens with one attached hydrogen (secondary N) is 1. The van der Waals surface area contributed by atoms with Gasteiger partial charge in [0.25, 0.3) is 5.91 Å². The molecule has 0 bridgehead atoms. The molecule has 3 heterocycles. The Labute approximate surface area is 192 Å². The topological polar surface area (TPSA) is 90.6 Å². The molecule has 0 radical (unpaired) electrons. The Kier molecular flexibility index (Phi) is 5.60. The molecule has 8 nitrogen and oxygen atoms in total. The summed E-state index contributed by atoms with van der Waals surface area (Å²) in [6, 6.07) is 12.9. The van der Waals surface area contributed by atoms with Crippen molar-refractivity contribution in [2.24, 2.45) is 5.10 Å². The fourth-order valence-electron chi connectivity index (χ4n) is 3.56. The highest BCUT2D eigenvalue weighted by Gasteiger charge is 2.16. The molecule has 5 rings (SSSR count). The Bertz CT molecular complexity index is 1350. The van der Waals surface area contributed by atoms with E-state index in [2.05, 4.69) is 24.5 Å². The number of benzene rings is 2. The van der Waals surface area contributed by atoms with E-state index in [1.807, 2.05) is 24.3 Å². The normalized spacial score (nSPS) is 13.4. The maximum absolute atomic E-state index is 12.5. The predicted molar refractivity (Wildman–Crippen MR) is 124 cm³/mol. The van der Waals surface area contributed by atoms with Gasteiger partial charge in [0.2, 0.25) is 0 Å². The smallest absolute Gasteiger partial charge is 0.283 e. The monoisotopic (exact) mass is 467 g/mol. The van der Waals surface area contributed by atoms with Crippen molar-refractivity contribution in [3.05, 3.63) is 63.8 Å². The molecule has 1 aliphatic rings. The molecule has 2 aromatic heterocycles. The number of methoxy groups -OCH3 is 1. The number of halogens is 1. The van der Waals surface area contributed by atoms with Crippen LogP contribution in [0.4, 0.5) is 0 Å². The van der Waals surface area contributed by atoms with Gasteiger partial charge in [-0.25, -0.2) is 10.4 Å². The molecule has 0 saturated heterocycles. The minimum atomic E-state index is -0.339. The van der Waals surface area contributed by atoms with Crippen LogP contribution in [0, 0.1) is 0 Å². The van der Waals surface area contributed by atoms with E-state index in [-0.39, 0.29) is 5.91 Å². The van der Waals surface area contributed by atoms with Gasteiger partial charge in [-0.1, -0.05) is 17.7 Å². The van der Waals surface area contributed by atoms with Crippen LogP contribution in [-0.4, -0.2) is 39.8 Å². The maximum atomic E-state index is 12.5. The Morgan fingerprint density at radius 3 is 3.09 bits per heavy atom. The zero-order valence-corrected chi connectivity index (χ0v) is 18.6. The van der Waals surface area contributed by atoms with Crippen LogP contribution in [0.1, 0.15) is 21.1 Å². The summed E-state index contributed by atoms with van der Waals surface area (Å²) in [6.45, 7) is 2.01. The fraction of sp³-hybridized carbons (Fsp3) is 0.182. The summed E-state index contributed by atoms with van der Waals surface area (Å²) in [7, 11) is 1.56. The van der Waals surface area contributed by atoms with Crippen LogP contribution in [-0.2, 0) is 17.9 Å². The maximum Gasteiger partial charge on any atom is 0.283 e. The average molecular weight is 468 g/mol. The highest BCUT2D eigenvalue weighted by atomic mass is 35.5. The van der Waals surface area contributed by atoms with Gasteiger partial charge in [-0.2, -0.15) is 9.47 Å². The van der Waals surface area contributed by atoms with Crippen LogP contribution in [0.15, 0.2) is 47.6 Å². The van der Waals surface area contributed by atoms with Gasteiger partial charge in [0, 0.05) is 17.1 Å². The molecule has 0 saturated carbocycles. The van der Waals surface area contributed by atoms with E-state index in [0.29, 0.717) is 34.6 Å². The molecule has 0 unspecified atom stereocenters. The van der Waals surface area contributed by atoms with Gasteiger partial charge in [0.15, 0.2) is 0 Å². The summed E-state index contributed by atoms with van der Waals surface area (Å²) < 4.78 is 17.4. The predicted octanol–water partition coefficient (Wildman–Crippen LogP) is 4.12. The SMILES string of the molecule is COc1cc(Cl)ccc1-c1cc(C(=O)NN=Cc2ccc3c(c2)nc2n3CCOC2)sn1. The molecular formula is C22H18ClN5O3S. The first-order chi connectivity index (χ1) is 15.6. The summed E-state index contributed by atoms with van der Waals surface area (Å²) in [6.07, 6.45) is 1.59. The van der Waals surface area contributed by atoms with Crippen molar-refractivity contribution in [2.75, 3.05) is 13.7 Å². The zero-order valence-electron chi connectivity index (χ0n) is 17.0. The van der Waals surface area contributed by atoms with Crippen LogP contribution >= 0.6 is 23.1 Å². The lowest BCUT2D eigenvalue weighted by Gasteiger charge is -2.14. The van der Waals surface area contributed by atoms with Gasteiger partial charge in [-0.05, 0) is 53.5 Å². The van der Waals surface area contributed by atoms with Crippen molar-refractivity contribution in [3.8, 4) is 17.0 Å². The number of carbonyl (C=O) groups excluding carboxylic acids is 1. The minimum absolute atomic E-state index is 0.339. The van der Waals surface area contributed by atoms with Crippen LogP contribution in [0.25, 0.3) is 22.3 Å². The first-order valence-corrected chi connectivity index (χ1v) is 11.0. The Morgan fingerprint density at radius 1 is 1.31 bits per heavy atom. The van der Waals surface area contributed by atoms with Crippen molar-refractivity contribution in [3.63, 3.8) is 0 Å². The Morgan fingerprint density at radius 2 is 2.22 bits per heavy atom. The number of ether oxygens (including phenoxy) is 2. The summed E-state index contributed by atoms with van der Waals surface area (Å²) >= 11 is 7.11. The van der Waals surface area contributed by atoms with Crippen molar-refractivity contribution >= 4 is 46.3 Å². The number of hydrogen-bond donors (Lipinski definition) is 1. The molecule has 10 heteroatoms. The summed E-state index contributed by atoms with van der Waals surface area (Å²) in [4.78, 5) is 17.6. The lowest BCUT2D eigenvalue weighted by atomic mass is 10.1. The number of fused-ring (bicyclic) bond motifs is 3. The Balaban J connectivity index is 1.29. The third-order valence-corrected chi connectivity index (χ3v) is 6.12. The second-order valence-electron chi connectivity index (χ2n) is 7.10. The molecule has 0 aliphatic carbocycles. The number of imidazole rings is 1. The molecule has 1 aliphatic heterocycles. The summed E-state index contributed by atoms with van der Waals surface area (Å²) in [5.74, 6) is 1.18. The molecule has 0 fully saturated rings. The summed E-state index contributed by atoms with van der Waals surface area (Å²) in [5, 5.41) is 4.65. The highest BCUT2D eigenvalue weighted by molar-refractivity contribution is 7.08. The number of aromatic nitrogens is 3. The number of carbonyl (C=O) groups is 1. The van der Waals surface area contributed by atoms with Crippen LogP contribution in [0.5, 0.6) is 5.75 Å². The largest absolute Gasteiger partial charge is 0.496 e. The van der Waals surface area contributed by atoms with Crippen molar-refractivity contribution in [1.29, 1.82) is 0 Å². The van der Waals surface area contributed by atoms with E-state index >= 15 is 0 Å². The number of hydrogen-bond acceptors (Lipinski definition) is 7. The zero-order chi connectivity index (χ0) is 22.1. The van der Waals surface area contributed by atoms with E-state index < -0.39 is 0 Å². The molecule has 1 amide bonds. The highest BCUT2D eigenvalue weighted by Crippen LogP contribution is 2.33. The van der Waals surface area contributed by atoms with Gasteiger partial charge in [-0.15, -0.1) is 0 Å². The van der Waals surface area contributed by atoms with E-state index in [9.17, 15) is 4.79 Å². The number of nitrogens with zero attached hydrogens (tertiary/aromatic N) is 4. The standard InChI is InChI=1S/C22H18ClN5O3S/c1-30-19-9-14(23)3-4-15(19)16-10-20(32-27-16)22(29)26-24-11-13-2-5-18-17(8-13)25-21-12-31-7-6-28(18)21/h2-5,8-11H,6-7,12H2,1H3,(H,26,29). The van der Waals surface area contributed by atoms with Gasteiger partial charge >= 0.3 is 0 Å². The molecule has 32 heavy (non-hydrogen) atoms. The number of hydrazone groups is 1. The first-order valence-electron chi connectivity index (χ1n) is 9.83. The van der Waals surface area contributed by atoms with Crippen molar-refractivity contribution in [1.82, 2.24) is 19.4 Å².